The van der Waals surface area contributed by atoms with Crippen molar-refractivity contribution in [2.45, 2.75) is 11.1 Å². The molecule has 1 amide bonds. The molecule has 0 radical (unpaired) electrons. The van der Waals surface area contributed by atoms with Crippen molar-refractivity contribution in [2.24, 2.45) is 0 Å². The van der Waals surface area contributed by atoms with Crippen LogP contribution < -0.4 is 16.0 Å². The number of halogens is 3. The zero-order chi connectivity index (χ0) is 27.1. The number of carbonyl (C=O) groups is 1. The highest BCUT2D eigenvalue weighted by atomic mass is 32.2. The number of alkyl halides is 3. The largest absolute Gasteiger partial charge is 0.417 e. The van der Waals surface area contributed by atoms with Crippen molar-refractivity contribution in [3.05, 3.63) is 81.5 Å². The van der Waals surface area contributed by atoms with Crippen LogP contribution in [-0.2, 0) is 16.2 Å². The SMILES string of the molecule is Nc1c(C(=O)Nc2ccc(S(=O)(=O)[N-]c3ncccn3)cc2)sc2[nH+]c(-c3cccs3)cc(C(F)(F)F)c12. The summed E-state index contributed by atoms with van der Waals surface area (Å²) in [6.45, 7) is 0. The molecule has 0 aliphatic heterocycles. The van der Waals surface area contributed by atoms with Gasteiger partial charge < -0.3 is 21.0 Å². The van der Waals surface area contributed by atoms with Gasteiger partial charge >= 0.3 is 6.18 Å². The molecular weight excluding hydrogens is 561 g/mol. The molecule has 9 nitrogen and oxygen atoms in total. The summed E-state index contributed by atoms with van der Waals surface area (Å²) >= 11 is 2.05. The number of rotatable bonds is 6. The van der Waals surface area contributed by atoms with E-state index in [1.807, 2.05) is 0 Å². The number of nitrogens with one attached hydrogen (secondary N) is 2. The van der Waals surface area contributed by atoms with E-state index in [1.165, 1.54) is 54.1 Å². The van der Waals surface area contributed by atoms with E-state index in [2.05, 4.69) is 25.0 Å². The van der Waals surface area contributed by atoms with Crippen molar-refractivity contribution in [2.75, 3.05) is 11.1 Å². The van der Waals surface area contributed by atoms with Gasteiger partial charge in [-0.3, -0.25) is 9.52 Å². The number of pyridine rings is 1. The minimum absolute atomic E-state index is 0.0945. The van der Waals surface area contributed by atoms with Crippen molar-refractivity contribution in [3.8, 4) is 10.6 Å². The number of hydrogen-bond donors (Lipinski definition) is 2. The van der Waals surface area contributed by atoms with Crippen molar-refractivity contribution in [1.82, 2.24) is 9.97 Å². The molecule has 0 spiro atoms. The molecule has 0 saturated heterocycles. The number of H-pyrrole nitrogens is 1. The normalized spacial score (nSPS) is 12.0. The smallest absolute Gasteiger partial charge is 0.397 e. The van der Waals surface area contributed by atoms with Crippen LogP contribution in [0, 0.1) is 0 Å². The van der Waals surface area contributed by atoms with Crippen LogP contribution in [0.3, 0.4) is 0 Å². The zero-order valence-corrected chi connectivity index (χ0v) is 21.3. The van der Waals surface area contributed by atoms with Crippen LogP contribution >= 0.6 is 22.7 Å². The predicted octanol–water partition coefficient (Wildman–Crippen LogP) is 5.48. The van der Waals surface area contributed by atoms with Crippen LogP contribution in [0.2, 0.25) is 0 Å². The monoisotopic (exact) mass is 576 g/mol. The second-order valence-electron chi connectivity index (χ2n) is 7.71. The summed E-state index contributed by atoms with van der Waals surface area (Å²) in [7, 11) is -4.12. The Balaban J connectivity index is 1.43. The minimum Gasteiger partial charge on any atom is -0.397 e. The fourth-order valence-corrected chi connectivity index (χ4v) is 6.16. The molecule has 0 bridgehead atoms. The number of aromatic nitrogens is 3. The summed E-state index contributed by atoms with van der Waals surface area (Å²) in [5, 5.41) is 3.98. The highest BCUT2D eigenvalue weighted by molar-refractivity contribution is 7.94. The summed E-state index contributed by atoms with van der Waals surface area (Å²) < 4.78 is 70.3. The van der Waals surface area contributed by atoms with Gasteiger partial charge in [0.25, 0.3) is 10.7 Å². The first-order valence-electron chi connectivity index (χ1n) is 10.6. The molecule has 4 heterocycles. The van der Waals surface area contributed by atoms with E-state index in [-0.39, 0.29) is 43.0 Å². The highest BCUT2D eigenvalue weighted by Gasteiger charge is 2.38. The van der Waals surface area contributed by atoms with E-state index < -0.39 is 27.7 Å². The van der Waals surface area contributed by atoms with Gasteiger partial charge in [0.1, 0.15) is 4.88 Å². The van der Waals surface area contributed by atoms with Crippen LogP contribution in [-0.4, -0.2) is 24.3 Å². The van der Waals surface area contributed by atoms with E-state index in [0.29, 0.717) is 4.88 Å². The molecule has 0 atom stereocenters. The van der Waals surface area contributed by atoms with Gasteiger partial charge in [-0.05, 0) is 48.1 Å². The molecule has 15 heteroatoms. The fraction of sp³-hybridized carbons (Fsp3) is 0.0435. The Morgan fingerprint density at radius 3 is 2.42 bits per heavy atom. The summed E-state index contributed by atoms with van der Waals surface area (Å²) in [6.07, 6.45) is -2.02. The number of benzene rings is 1. The molecule has 4 N–H and O–H groups in total. The third-order valence-electron chi connectivity index (χ3n) is 5.21. The lowest BCUT2D eigenvalue weighted by atomic mass is 10.1. The Labute approximate surface area is 221 Å². The molecule has 4 aromatic heterocycles. The number of sulfonamides is 1. The van der Waals surface area contributed by atoms with Crippen LogP contribution in [0.4, 0.5) is 30.5 Å². The number of nitrogens with zero attached hydrogens (tertiary/aromatic N) is 3. The third kappa shape index (κ3) is 5.03. The number of carbonyl (C=O) groups excluding carboxylic acids is 1. The lowest BCUT2D eigenvalue weighted by Crippen LogP contribution is -2.14. The average molecular weight is 577 g/mol. The van der Waals surface area contributed by atoms with E-state index in [0.717, 1.165) is 17.4 Å². The second kappa shape index (κ2) is 9.66. The Kier molecular flexibility index (Phi) is 6.50. The quantitative estimate of drug-likeness (QED) is 0.274. The lowest BCUT2D eigenvalue weighted by molar-refractivity contribution is -0.328. The summed E-state index contributed by atoms with van der Waals surface area (Å²) in [6, 6.07) is 10.9. The molecule has 0 fully saturated rings. The first-order valence-corrected chi connectivity index (χ1v) is 13.7. The summed E-state index contributed by atoms with van der Waals surface area (Å²) in [5.74, 6) is -0.983. The highest BCUT2D eigenvalue weighted by Crippen LogP contribution is 2.42. The first kappa shape index (κ1) is 25.6. The number of hydrogen-bond acceptors (Lipinski definition) is 8. The van der Waals surface area contributed by atoms with Crippen LogP contribution in [0.5, 0.6) is 0 Å². The van der Waals surface area contributed by atoms with E-state index in [9.17, 15) is 26.4 Å². The number of thiophene rings is 2. The fourth-order valence-electron chi connectivity index (χ4n) is 3.53. The summed E-state index contributed by atoms with van der Waals surface area (Å²) in [4.78, 5) is 23.8. The number of nitrogens with two attached hydrogens (primary N) is 1. The van der Waals surface area contributed by atoms with E-state index in [1.54, 1.807) is 17.5 Å². The number of fused-ring (bicyclic) bond motifs is 1. The molecule has 194 valence electrons. The maximum absolute atomic E-state index is 13.9. The molecule has 0 unspecified atom stereocenters. The molecule has 0 aliphatic rings. The Bertz CT molecular complexity index is 1740. The predicted molar refractivity (Wildman–Crippen MR) is 138 cm³/mol. The molecular formula is C23H15F3N6O3S3. The van der Waals surface area contributed by atoms with E-state index in [4.69, 9.17) is 5.73 Å². The number of nitrogen functional groups attached to an aromatic ring is 1. The zero-order valence-electron chi connectivity index (χ0n) is 18.9. The number of aromatic amines is 1. The minimum atomic E-state index is -4.71. The van der Waals surface area contributed by atoms with Gasteiger partial charge in [-0.1, -0.05) is 23.5 Å². The van der Waals surface area contributed by atoms with Crippen molar-refractivity contribution in [1.29, 1.82) is 0 Å². The summed E-state index contributed by atoms with van der Waals surface area (Å²) in [5.41, 5.74) is 5.21. The van der Waals surface area contributed by atoms with Crippen LogP contribution in [0.15, 0.2) is 71.2 Å². The van der Waals surface area contributed by atoms with Gasteiger partial charge in [-0.2, -0.15) is 18.2 Å². The van der Waals surface area contributed by atoms with Crippen LogP contribution in [0.1, 0.15) is 15.2 Å². The van der Waals surface area contributed by atoms with Crippen molar-refractivity contribution < 1.29 is 31.4 Å². The van der Waals surface area contributed by atoms with Gasteiger partial charge in [0.05, 0.1) is 26.4 Å². The Morgan fingerprint density at radius 2 is 1.79 bits per heavy atom. The maximum Gasteiger partial charge on any atom is 0.417 e. The molecule has 0 saturated carbocycles. The topological polar surface area (TPSA) is 143 Å². The van der Waals surface area contributed by atoms with Crippen molar-refractivity contribution >= 4 is 66.1 Å². The third-order valence-corrected chi connectivity index (χ3v) is 8.51. The number of amides is 1. The molecule has 5 aromatic rings. The molecule has 5 rings (SSSR count). The second-order valence-corrected chi connectivity index (χ2v) is 11.3. The van der Waals surface area contributed by atoms with Gasteiger partial charge in [0, 0.05) is 17.7 Å². The Hall–Kier alpha value is -4.08. The molecule has 0 aliphatic carbocycles. The van der Waals surface area contributed by atoms with Gasteiger partial charge in [-0.25, -0.2) is 8.42 Å². The molecule has 1 aromatic carbocycles. The lowest BCUT2D eigenvalue weighted by Gasteiger charge is -2.12. The maximum atomic E-state index is 13.9. The van der Waals surface area contributed by atoms with Crippen molar-refractivity contribution in [3.63, 3.8) is 0 Å². The Morgan fingerprint density at radius 1 is 1.08 bits per heavy atom. The van der Waals surface area contributed by atoms with Gasteiger partial charge in [0.2, 0.25) is 15.7 Å². The first-order chi connectivity index (χ1) is 18.0. The van der Waals surface area contributed by atoms with Gasteiger partial charge in [-0.15, -0.1) is 11.3 Å². The standard InChI is InChI=1S/C23H15F3N6O3S3/c24-23(25,26)14-11-15(16-3-1-10-36-16)31-21-17(14)18(27)19(37-21)20(33)30-12-4-6-13(7-5-12)38(34,35)32-22-28-8-2-9-29-22/h1-11H,(H4,27,28,29,30,32,33). The molecule has 38 heavy (non-hydrogen) atoms. The van der Waals surface area contributed by atoms with Gasteiger partial charge in [0.15, 0.2) is 0 Å². The average Bonchev–Trinajstić information content (AvgIpc) is 3.52. The number of anilines is 2. The van der Waals surface area contributed by atoms with Crippen LogP contribution in [0.25, 0.3) is 25.5 Å². The van der Waals surface area contributed by atoms with E-state index >= 15 is 0 Å².